The van der Waals surface area contributed by atoms with Crippen molar-refractivity contribution in [3.63, 3.8) is 0 Å². The molecule has 5 heavy (non-hydrogen) atoms. The van der Waals surface area contributed by atoms with E-state index in [4.69, 9.17) is 11.1 Å². The van der Waals surface area contributed by atoms with Gasteiger partial charge in [-0.1, -0.05) is 6.08 Å². The predicted molar refractivity (Wildman–Crippen MR) is 30.5 cm³/mol. The topological polar surface area (TPSA) is 0 Å². The molecule has 0 rings (SSSR count). The highest BCUT2D eigenvalue weighted by atomic mass is 35.6. The second-order valence-corrected chi connectivity index (χ2v) is 2.86. The zero-order valence-corrected chi connectivity index (χ0v) is 5.25. The molecule has 0 fully saturated rings. The highest BCUT2D eigenvalue weighted by Gasteiger charge is 1.66. The normalized spacial score (nSPS) is 9.80. The fourth-order valence-electron chi connectivity index (χ4n) is 0.0772. The minimum atomic E-state index is -0.232. The van der Waals surface area contributed by atoms with Gasteiger partial charge in [0.15, 0.2) is 0 Å². The third kappa shape index (κ3) is 4.25. The summed E-state index contributed by atoms with van der Waals surface area (Å²) in [7, 11) is -0.232. The van der Waals surface area contributed by atoms with Crippen molar-refractivity contribution < 1.29 is 1.43 Å². The minimum absolute atomic E-state index is 0. The predicted octanol–water partition coefficient (Wildman–Crippen LogP) is 1.03. The number of allylic oxidation sites excluding steroid dienone is 1. The molecule has 0 bridgehead atoms. The molecule has 0 radical (unpaired) electrons. The maximum absolute atomic E-state index is 5.37. The monoisotopic (exact) mass is 107 g/mol. The van der Waals surface area contributed by atoms with E-state index in [9.17, 15) is 0 Å². The molecule has 0 unspecified atom stereocenters. The van der Waals surface area contributed by atoms with Crippen LogP contribution in [0.2, 0.25) is 6.04 Å². The summed E-state index contributed by atoms with van der Waals surface area (Å²) in [5.74, 6) is 0. The summed E-state index contributed by atoms with van der Waals surface area (Å²) in [6.07, 6.45) is 1.86. The van der Waals surface area contributed by atoms with Crippen molar-refractivity contribution in [2.75, 3.05) is 0 Å². The first-order valence-electron chi connectivity index (χ1n) is 1.58. The molecule has 0 atom stereocenters. The summed E-state index contributed by atoms with van der Waals surface area (Å²) in [5, 5.41) is 0. The third-order valence-corrected chi connectivity index (χ3v) is 1.59. The number of hydrogen-bond acceptors (Lipinski definition) is 0. The lowest BCUT2D eigenvalue weighted by Gasteiger charge is -1.68. The lowest BCUT2D eigenvalue weighted by atomic mass is 10.8. The van der Waals surface area contributed by atoms with Crippen LogP contribution in [-0.4, -0.2) is 8.83 Å². The lowest BCUT2D eigenvalue weighted by Crippen LogP contribution is -1.64. The molecule has 0 aromatic heterocycles. The number of rotatable bonds is 2. The standard InChI is InChI=1S/C3H7ClSi/c1-2-3-5-4/h2H,1,3,5H2/p+1. The van der Waals surface area contributed by atoms with E-state index in [0.717, 1.165) is 6.04 Å². The van der Waals surface area contributed by atoms with E-state index in [1.807, 2.05) is 6.08 Å². The summed E-state index contributed by atoms with van der Waals surface area (Å²) in [6, 6.07) is 1.06. The van der Waals surface area contributed by atoms with Crippen LogP contribution in [0.4, 0.5) is 0 Å². The van der Waals surface area contributed by atoms with Gasteiger partial charge in [0.2, 0.25) is 0 Å². The molecule has 0 amide bonds. The molecular weight excluding hydrogens is 99.6 g/mol. The molecule has 0 aliphatic carbocycles. The molecule has 0 saturated carbocycles. The van der Waals surface area contributed by atoms with Crippen LogP contribution >= 0.6 is 11.1 Å². The molecule has 0 saturated heterocycles. The average Bonchev–Trinajstić information content (AvgIpc) is 1.41. The van der Waals surface area contributed by atoms with E-state index in [2.05, 4.69) is 6.58 Å². The smallest absolute Gasteiger partial charge is 0.176 e. The number of hydrogen-bond donors (Lipinski definition) is 0. The molecular formula is C3H8ClSi+. The maximum Gasteiger partial charge on any atom is 1.00 e. The minimum Gasteiger partial charge on any atom is -0.176 e. The van der Waals surface area contributed by atoms with E-state index in [0.29, 0.717) is 0 Å². The molecule has 30 valence electrons. The van der Waals surface area contributed by atoms with Gasteiger partial charge in [-0.25, -0.2) is 0 Å². The fraction of sp³-hybridized carbons (Fsp3) is 0.333. The molecule has 0 spiro atoms. The van der Waals surface area contributed by atoms with E-state index in [1.165, 1.54) is 0 Å². The Hall–Kier alpha value is 0.247. The maximum atomic E-state index is 5.37. The largest absolute Gasteiger partial charge is 1.00 e. The summed E-state index contributed by atoms with van der Waals surface area (Å²) >= 11 is 5.37. The molecule has 0 heterocycles. The van der Waals surface area contributed by atoms with Crippen molar-refractivity contribution >= 4 is 19.9 Å². The van der Waals surface area contributed by atoms with Crippen LogP contribution < -0.4 is 0 Å². The van der Waals surface area contributed by atoms with Crippen molar-refractivity contribution in [1.29, 1.82) is 0 Å². The van der Waals surface area contributed by atoms with Crippen molar-refractivity contribution in [3.8, 4) is 0 Å². The van der Waals surface area contributed by atoms with Gasteiger partial charge < -0.3 is 0 Å². The Morgan fingerprint density at radius 1 is 2.20 bits per heavy atom. The second kappa shape index (κ2) is 4.25. The Kier molecular flexibility index (Phi) is 4.46. The molecule has 0 aromatic rings. The molecule has 0 aromatic carbocycles. The van der Waals surface area contributed by atoms with E-state index >= 15 is 0 Å². The van der Waals surface area contributed by atoms with Crippen LogP contribution in [0.15, 0.2) is 12.7 Å². The second-order valence-electron chi connectivity index (χ2n) is 0.766. The SMILES string of the molecule is C=CC[SiH2]Cl.[H+]. The highest BCUT2D eigenvalue weighted by Crippen LogP contribution is 1.78. The van der Waals surface area contributed by atoms with Gasteiger partial charge in [0.05, 0.1) is 0 Å². The summed E-state index contributed by atoms with van der Waals surface area (Å²) in [6.45, 7) is 3.50. The van der Waals surface area contributed by atoms with Crippen LogP contribution in [0, 0.1) is 0 Å². The van der Waals surface area contributed by atoms with Crippen LogP contribution in [0.3, 0.4) is 0 Å². The molecule has 2 heteroatoms. The Balaban J connectivity index is 0. The first-order chi connectivity index (χ1) is 2.41. The van der Waals surface area contributed by atoms with Gasteiger partial charge in [0.1, 0.15) is 8.83 Å². The first kappa shape index (κ1) is 5.25. The molecule has 0 nitrogen and oxygen atoms in total. The zero-order valence-electron chi connectivity index (χ0n) is 4.08. The van der Waals surface area contributed by atoms with Gasteiger partial charge in [-0.05, 0) is 6.04 Å². The average molecular weight is 108 g/mol. The summed E-state index contributed by atoms with van der Waals surface area (Å²) in [4.78, 5) is 0. The van der Waals surface area contributed by atoms with Gasteiger partial charge >= 0.3 is 1.43 Å². The van der Waals surface area contributed by atoms with Crippen molar-refractivity contribution in [1.82, 2.24) is 0 Å². The van der Waals surface area contributed by atoms with Gasteiger partial charge in [-0.15, -0.1) is 6.58 Å². The van der Waals surface area contributed by atoms with Crippen molar-refractivity contribution in [3.05, 3.63) is 12.7 Å². The summed E-state index contributed by atoms with van der Waals surface area (Å²) in [5.41, 5.74) is 0. The van der Waals surface area contributed by atoms with Crippen LogP contribution in [0.1, 0.15) is 1.43 Å². The van der Waals surface area contributed by atoms with Crippen LogP contribution in [-0.2, 0) is 0 Å². The molecule has 0 N–H and O–H groups in total. The number of halogens is 1. The highest BCUT2D eigenvalue weighted by molar-refractivity contribution is 6.93. The van der Waals surface area contributed by atoms with E-state index < -0.39 is 0 Å². The zero-order chi connectivity index (χ0) is 4.12. The molecule has 0 aliphatic heterocycles. The van der Waals surface area contributed by atoms with Gasteiger partial charge in [0.25, 0.3) is 0 Å². The first-order valence-corrected chi connectivity index (χ1v) is 4.72. The van der Waals surface area contributed by atoms with E-state index in [-0.39, 0.29) is 10.3 Å². The van der Waals surface area contributed by atoms with Crippen LogP contribution in [0.25, 0.3) is 0 Å². The summed E-state index contributed by atoms with van der Waals surface area (Å²) < 4.78 is 0. The van der Waals surface area contributed by atoms with Crippen molar-refractivity contribution in [2.45, 2.75) is 6.04 Å². The van der Waals surface area contributed by atoms with Crippen molar-refractivity contribution in [2.24, 2.45) is 0 Å². The van der Waals surface area contributed by atoms with Gasteiger partial charge in [-0.3, -0.25) is 0 Å². The fourth-order valence-corrected chi connectivity index (χ4v) is 0.694. The molecule has 0 aliphatic rings. The third-order valence-electron chi connectivity index (χ3n) is 0.313. The van der Waals surface area contributed by atoms with E-state index in [1.54, 1.807) is 0 Å². The lowest BCUT2D eigenvalue weighted by molar-refractivity contribution is 1.75. The van der Waals surface area contributed by atoms with Crippen LogP contribution in [0.5, 0.6) is 0 Å². The Labute approximate surface area is 40.8 Å². The Morgan fingerprint density at radius 3 is 2.80 bits per heavy atom. The Bertz CT molecular complexity index is 32.0. The Morgan fingerprint density at radius 2 is 2.80 bits per heavy atom. The van der Waals surface area contributed by atoms with Gasteiger partial charge in [0, 0.05) is 0 Å². The van der Waals surface area contributed by atoms with Gasteiger partial charge in [-0.2, -0.15) is 11.1 Å². The quantitative estimate of drug-likeness (QED) is 0.281.